The third kappa shape index (κ3) is 1.74. The highest BCUT2D eigenvalue weighted by atomic mass is 16.1. The summed E-state index contributed by atoms with van der Waals surface area (Å²) in [7, 11) is 0. The average molecular weight is 243 g/mol. The van der Waals surface area contributed by atoms with Gasteiger partial charge in [-0.15, -0.1) is 0 Å². The highest BCUT2D eigenvalue weighted by Gasteiger charge is 2.36. The second-order valence-electron chi connectivity index (χ2n) is 5.41. The van der Waals surface area contributed by atoms with Crippen molar-refractivity contribution in [3.05, 3.63) is 34.9 Å². The first kappa shape index (κ1) is 11.5. The van der Waals surface area contributed by atoms with Crippen LogP contribution < -0.4 is 5.73 Å². The van der Waals surface area contributed by atoms with Crippen molar-refractivity contribution in [2.75, 3.05) is 0 Å². The lowest BCUT2D eigenvalue weighted by Crippen LogP contribution is -2.31. The fourth-order valence-corrected chi connectivity index (χ4v) is 3.48. The lowest BCUT2D eigenvalue weighted by Gasteiger charge is -2.36. The standard InChI is InChI=1S/C15H17NO2/c16-15(18)11-6-7-12-10(8-11)5-4-9-2-1-3-13(17)14(9)12/h6-9,14H,1-5H2,(H2,16,18). The molecule has 0 bridgehead atoms. The Morgan fingerprint density at radius 2 is 2.06 bits per heavy atom. The van der Waals surface area contributed by atoms with E-state index >= 15 is 0 Å². The Hall–Kier alpha value is -1.64. The molecule has 3 nitrogen and oxygen atoms in total. The van der Waals surface area contributed by atoms with Gasteiger partial charge in [0.25, 0.3) is 0 Å². The van der Waals surface area contributed by atoms with Crippen LogP contribution in [0.5, 0.6) is 0 Å². The summed E-state index contributed by atoms with van der Waals surface area (Å²) in [5.74, 6) is 0.566. The van der Waals surface area contributed by atoms with Crippen LogP contribution in [0.4, 0.5) is 0 Å². The molecule has 2 N–H and O–H groups in total. The van der Waals surface area contributed by atoms with Gasteiger partial charge in [-0.3, -0.25) is 9.59 Å². The van der Waals surface area contributed by atoms with E-state index in [1.165, 1.54) is 0 Å². The van der Waals surface area contributed by atoms with E-state index in [2.05, 4.69) is 0 Å². The molecule has 3 heteroatoms. The summed E-state index contributed by atoms with van der Waals surface area (Å²) >= 11 is 0. The molecular formula is C15H17NO2. The predicted molar refractivity (Wildman–Crippen MR) is 68.4 cm³/mol. The first-order chi connectivity index (χ1) is 8.66. The zero-order chi connectivity index (χ0) is 12.7. The van der Waals surface area contributed by atoms with Crippen LogP contribution in [-0.4, -0.2) is 11.7 Å². The molecule has 2 unspecified atom stereocenters. The van der Waals surface area contributed by atoms with E-state index in [9.17, 15) is 9.59 Å². The number of Topliss-reactive ketones (excluding diaryl/α,β-unsaturated/α-hetero) is 1. The molecular weight excluding hydrogens is 226 g/mol. The van der Waals surface area contributed by atoms with E-state index in [-0.39, 0.29) is 5.92 Å². The quantitative estimate of drug-likeness (QED) is 0.821. The summed E-state index contributed by atoms with van der Waals surface area (Å²) in [6.45, 7) is 0. The number of fused-ring (bicyclic) bond motifs is 3. The summed E-state index contributed by atoms with van der Waals surface area (Å²) in [4.78, 5) is 23.3. The van der Waals surface area contributed by atoms with Gasteiger partial charge < -0.3 is 5.73 Å². The number of nitrogens with two attached hydrogens (primary N) is 1. The van der Waals surface area contributed by atoms with Gasteiger partial charge >= 0.3 is 0 Å². The van der Waals surface area contributed by atoms with Gasteiger partial charge in [0.15, 0.2) is 0 Å². The molecule has 1 aromatic carbocycles. The summed E-state index contributed by atoms with van der Waals surface area (Å²) in [6, 6.07) is 5.57. The van der Waals surface area contributed by atoms with Gasteiger partial charge in [0.1, 0.15) is 5.78 Å². The number of hydrogen-bond acceptors (Lipinski definition) is 2. The Labute approximate surface area is 106 Å². The van der Waals surface area contributed by atoms with Crippen molar-refractivity contribution >= 4 is 11.7 Å². The Morgan fingerprint density at radius 1 is 1.22 bits per heavy atom. The molecule has 2 aliphatic carbocycles. The molecule has 0 saturated heterocycles. The molecule has 1 saturated carbocycles. The molecule has 2 aliphatic rings. The molecule has 0 aliphatic heterocycles. The Balaban J connectivity index is 2.03. The van der Waals surface area contributed by atoms with Crippen molar-refractivity contribution in [3.63, 3.8) is 0 Å². The fraction of sp³-hybridized carbons (Fsp3) is 0.467. The van der Waals surface area contributed by atoms with Crippen molar-refractivity contribution in [2.45, 2.75) is 38.0 Å². The molecule has 2 atom stereocenters. The molecule has 3 rings (SSSR count). The third-order valence-corrected chi connectivity index (χ3v) is 4.36. The number of carbonyl (C=O) groups excluding carboxylic acids is 2. The fourth-order valence-electron chi connectivity index (χ4n) is 3.48. The number of benzene rings is 1. The van der Waals surface area contributed by atoms with Crippen molar-refractivity contribution in [3.8, 4) is 0 Å². The van der Waals surface area contributed by atoms with Crippen LogP contribution in [0.3, 0.4) is 0 Å². The number of hydrogen-bond donors (Lipinski definition) is 1. The summed E-state index contributed by atoms with van der Waals surface area (Å²) < 4.78 is 0. The van der Waals surface area contributed by atoms with Crippen LogP contribution in [-0.2, 0) is 11.2 Å². The van der Waals surface area contributed by atoms with E-state index in [1.807, 2.05) is 12.1 Å². The molecule has 1 fully saturated rings. The zero-order valence-corrected chi connectivity index (χ0v) is 10.3. The Morgan fingerprint density at radius 3 is 2.83 bits per heavy atom. The number of amides is 1. The van der Waals surface area contributed by atoms with E-state index in [4.69, 9.17) is 5.73 Å². The summed E-state index contributed by atoms with van der Waals surface area (Å²) in [5.41, 5.74) is 8.13. The monoisotopic (exact) mass is 243 g/mol. The maximum atomic E-state index is 12.1. The van der Waals surface area contributed by atoms with Crippen LogP contribution in [0.2, 0.25) is 0 Å². The van der Waals surface area contributed by atoms with Crippen LogP contribution in [0, 0.1) is 5.92 Å². The number of rotatable bonds is 1. The molecule has 1 aromatic rings. The smallest absolute Gasteiger partial charge is 0.248 e. The minimum atomic E-state index is -0.394. The maximum Gasteiger partial charge on any atom is 0.248 e. The van der Waals surface area contributed by atoms with Crippen LogP contribution in [0.1, 0.15) is 53.1 Å². The second kappa shape index (κ2) is 4.23. The molecule has 18 heavy (non-hydrogen) atoms. The lowest BCUT2D eigenvalue weighted by atomic mass is 9.67. The molecule has 0 heterocycles. The molecule has 94 valence electrons. The first-order valence-corrected chi connectivity index (χ1v) is 6.62. The van der Waals surface area contributed by atoms with Crippen LogP contribution in [0.25, 0.3) is 0 Å². The maximum absolute atomic E-state index is 12.1. The third-order valence-electron chi connectivity index (χ3n) is 4.36. The van der Waals surface area contributed by atoms with Crippen LogP contribution in [0.15, 0.2) is 18.2 Å². The highest BCUT2D eigenvalue weighted by molar-refractivity contribution is 5.93. The predicted octanol–water partition coefficient (Wildman–Crippen LogP) is 2.18. The van der Waals surface area contributed by atoms with Gasteiger partial charge in [-0.1, -0.05) is 6.07 Å². The number of aryl methyl sites for hydroxylation is 1. The lowest BCUT2D eigenvalue weighted by molar-refractivity contribution is -0.123. The first-order valence-electron chi connectivity index (χ1n) is 6.62. The normalized spacial score (nSPS) is 26.3. The number of carbonyl (C=O) groups is 2. The van der Waals surface area contributed by atoms with E-state index in [0.29, 0.717) is 23.7 Å². The molecule has 0 spiro atoms. The van der Waals surface area contributed by atoms with E-state index in [0.717, 1.165) is 36.8 Å². The second-order valence-corrected chi connectivity index (χ2v) is 5.41. The molecule has 0 aromatic heterocycles. The van der Waals surface area contributed by atoms with Crippen LogP contribution >= 0.6 is 0 Å². The molecule has 1 amide bonds. The SMILES string of the molecule is NC(=O)c1ccc2c(c1)CCC1CCCC(=O)C21. The zero-order valence-electron chi connectivity index (χ0n) is 10.3. The largest absolute Gasteiger partial charge is 0.366 e. The summed E-state index contributed by atoms with van der Waals surface area (Å²) in [6.07, 6.45) is 4.93. The van der Waals surface area contributed by atoms with Crippen molar-refractivity contribution in [1.29, 1.82) is 0 Å². The van der Waals surface area contributed by atoms with E-state index in [1.54, 1.807) is 6.07 Å². The van der Waals surface area contributed by atoms with Gasteiger partial charge in [0.2, 0.25) is 5.91 Å². The minimum Gasteiger partial charge on any atom is -0.366 e. The minimum absolute atomic E-state index is 0.0735. The van der Waals surface area contributed by atoms with Gasteiger partial charge in [-0.25, -0.2) is 0 Å². The van der Waals surface area contributed by atoms with Crippen molar-refractivity contribution < 1.29 is 9.59 Å². The number of primary amides is 1. The molecule has 0 radical (unpaired) electrons. The van der Waals surface area contributed by atoms with Gasteiger partial charge in [-0.2, -0.15) is 0 Å². The Bertz CT molecular complexity index is 521. The summed E-state index contributed by atoms with van der Waals surface area (Å²) in [5, 5.41) is 0. The van der Waals surface area contributed by atoms with E-state index < -0.39 is 5.91 Å². The number of ketones is 1. The van der Waals surface area contributed by atoms with Crippen molar-refractivity contribution in [1.82, 2.24) is 0 Å². The average Bonchev–Trinajstić information content (AvgIpc) is 2.37. The van der Waals surface area contributed by atoms with Gasteiger partial charge in [0, 0.05) is 17.9 Å². The van der Waals surface area contributed by atoms with Gasteiger partial charge in [-0.05, 0) is 54.9 Å². The van der Waals surface area contributed by atoms with Gasteiger partial charge in [0.05, 0.1) is 0 Å². The Kier molecular flexibility index (Phi) is 2.69. The topological polar surface area (TPSA) is 60.2 Å². The highest BCUT2D eigenvalue weighted by Crippen LogP contribution is 2.43. The van der Waals surface area contributed by atoms with Crippen molar-refractivity contribution in [2.24, 2.45) is 11.7 Å².